The lowest BCUT2D eigenvalue weighted by molar-refractivity contribution is 0.373. The zero-order chi connectivity index (χ0) is 15.8. The first-order valence-corrected chi connectivity index (χ1v) is 7.52. The highest BCUT2D eigenvalue weighted by molar-refractivity contribution is 9.10. The summed E-state index contributed by atoms with van der Waals surface area (Å²) in [6, 6.07) is 4.95. The molecular weight excluding hydrogens is 356 g/mol. The first-order chi connectivity index (χ1) is 9.74. The maximum Gasteiger partial charge on any atom is 0.161 e. The average molecular weight is 372 g/mol. The number of aromatic nitrogens is 2. The van der Waals surface area contributed by atoms with Crippen molar-refractivity contribution in [2.75, 3.05) is 7.11 Å². The van der Waals surface area contributed by atoms with Gasteiger partial charge in [-0.2, -0.15) is 0 Å². The Morgan fingerprint density at radius 3 is 2.48 bits per heavy atom. The third-order valence-corrected chi connectivity index (χ3v) is 4.21. The summed E-state index contributed by atoms with van der Waals surface area (Å²) in [5.41, 5.74) is 1.37. The number of ether oxygens (including phenoxy) is 1. The van der Waals surface area contributed by atoms with Gasteiger partial charge in [-0.25, -0.2) is 9.97 Å². The van der Waals surface area contributed by atoms with Gasteiger partial charge in [0.25, 0.3) is 0 Å². The standard InChI is InChI=1S/C15H16BrClN2O2/c1-15(2,3)12-11(16)13(17)19-14(18-12)8-5-6-9(20)10(7-8)21-4/h5-7,20H,1-4H3. The Bertz CT molecular complexity index is 684. The smallest absolute Gasteiger partial charge is 0.161 e. The molecule has 1 N–H and O–H groups in total. The lowest BCUT2D eigenvalue weighted by atomic mass is 9.92. The van der Waals surface area contributed by atoms with Gasteiger partial charge in [0.05, 0.1) is 17.3 Å². The van der Waals surface area contributed by atoms with E-state index < -0.39 is 0 Å². The van der Waals surface area contributed by atoms with Crippen LogP contribution >= 0.6 is 27.5 Å². The molecule has 0 spiro atoms. The highest BCUT2D eigenvalue weighted by atomic mass is 79.9. The fourth-order valence-electron chi connectivity index (χ4n) is 1.86. The number of halogens is 2. The first-order valence-electron chi connectivity index (χ1n) is 6.35. The largest absolute Gasteiger partial charge is 0.504 e. The summed E-state index contributed by atoms with van der Waals surface area (Å²) in [5.74, 6) is 0.930. The van der Waals surface area contributed by atoms with E-state index in [4.69, 9.17) is 16.3 Å². The number of benzene rings is 1. The van der Waals surface area contributed by atoms with E-state index in [1.165, 1.54) is 7.11 Å². The molecule has 0 amide bonds. The predicted octanol–water partition coefficient (Wildman–Crippen LogP) is 4.57. The number of phenols is 1. The predicted molar refractivity (Wildman–Crippen MR) is 87.1 cm³/mol. The molecule has 2 aromatic rings. The van der Waals surface area contributed by atoms with Gasteiger partial charge in [-0.3, -0.25) is 0 Å². The molecular formula is C15H16BrClN2O2. The van der Waals surface area contributed by atoms with Crippen molar-refractivity contribution in [3.05, 3.63) is 33.5 Å². The average Bonchev–Trinajstić information content (AvgIpc) is 2.41. The van der Waals surface area contributed by atoms with Gasteiger partial charge in [0, 0.05) is 11.0 Å². The number of hydrogen-bond acceptors (Lipinski definition) is 4. The minimum atomic E-state index is -0.179. The van der Waals surface area contributed by atoms with Crippen molar-refractivity contribution in [1.29, 1.82) is 0 Å². The molecule has 112 valence electrons. The van der Waals surface area contributed by atoms with Gasteiger partial charge in [-0.05, 0) is 34.1 Å². The number of aromatic hydroxyl groups is 1. The van der Waals surface area contributed by atoms with Crippen molar-refractivity contribution in [3.63, 3.8) is 0 Å². The van der Waals surface area contributed by atoms with Crippen LogP contribution in [0.15, 0.2) is 22.7 Å². The summed E-state index contributed by atoms with van der Waals surface area (Å²) < 4.78 is 5.81. The fourth-order valence-corrected chi connectivity index (χ4v) is 2.80. The minimum Gasteiger partial charge on any atom is -0.504 e. The van der Waals surface area contributed by atoms with Crippen LogP contribution in [0.5, 0.6) is 11.5 Å². The van der Waals surface area contributed by atoms with Gasteiger partial charge in [-0.15, -0.1) is 0 Å². The van der Waals surface area contributed by atoms with Crippen LogP contribution in [0.2, 0.25) is 5.15 Å². The van der Waals surface area contributed by atoms with Crippen LogP contribution < -0.4 is 4.74 Å². The van der Waals surface area contributed by atoms with Gasteiger partial charge < -0.3 is 9.84 Å². The Balaban J connectivity index is 2.62. The summed E-state index contributed by atoms with van der Waals surface area (Å²) in [6.07, 6.45) is 0. The second-order valence-corrected chi connectivity index (χ2v) is 6.79. The minimum absolute atomic E-state index is 0.0699. The van der Waals surface area contributed by atoms with Gasteiger partial charge in [0.1, 0.15) is 5.15 Å². The van der Waals surface area contributed by atoms with Crippen LogP contribution in [0, 0.1) is 0 Å². The molecule has 0 bridgehead atoms. The van der Waals surface area contributed by atoms with Crippen molar-refractivity contribution < 1.29 is 9.84 Å². The molecule has 21 heavy (non-hydrogen) atoms. The summed E-state index contributed by atoms with van der Waals surface area (Å²) >= 11 is 9.64. The zero-order valence-electron chi connectivity index (χ0n) is 12.2. The van der Waals surface area contributed by atoms with E-state index in [0.717, 1.165) is 11.3 Å². The van der Waals surface area contributed by atoms with Gasteiger partial charge in [0.15, 0.2) is 17.3 Å². The molecule has 0 aliphatic heterocycles. The monoisotopic (exact) mass is 370 g/mol. The summed E-state index contributed by atoms with van der Waals surface area (Å²) in [5, 5.41) is 10.0. The molecule has 0 aliphatic carbocycles. The number of rotatable bonds is 2. The highest BCUT2D eigenvalue weighted by Crippen LogP contribution is 2.36. The van der Waals surface area contributed by atoms with Crippen LogP contribution in [0.3, 0.4) is 0 Å². The Labute approximate surface area is 137 Å². The van der Waals surface area contributed by atoms with Gasteiger partial charge >= 0.3 is 0 Å². The lowest BCUT2D eigenvalue weighted by Gasteiger charge is -2.20. The summed E-state index contributed by atoms with van der Waals surface area (Å²) in [6.45, 7) is 6.16. The van der Waals surface area contributed by atoms with Crippen LogP contribution in [-0.2, 0) is 5.41 Å². The lowest BCUT2D eigenvalue weighted by Crippen LogP contribution is -2.16. The number of nitrogens with zero attached hydrogens (tertiary/aromatic N) is 2. The molecule has 4 nitrogen and oxygen atoms in total. The molecule has 1 aromatic carbocycles. The highest BCUT2D eigenvalue weighted by Gasteiger charge is 2.23. The Morgan fingerprint density at radius 1 is 1.24 bits per heavy atom. The third-order valence-electron chi connectivity index (χ3n) is 2.96. The van der Waals surface area contributed by atoms with Gasteiger partial charge in [-0.1, -0.05) is 32.4 Å². The second kappa shape index (κ2) is 5.81. The summed E-state index contributed by atoms with van der Waals surface area (Å²) in [4.78, 5) is 8.89. The normalized spacial score (nSPS) is 11.5. The fraction of sp³-hybridized carbons (Fsp3) is 0.333. The van der Waals surface area contributed by atoms with Crippen LogP contribution in [0.1, 0.15) is 26.5 Å². The zero-order valence-corrected chi connectivity index (χ0v) is 14.6. The van der Waals surface area contributed by atoms with Crippen LogP contribution in [0.4, 0.5) is 0 Å². The maximum absolute atomic E-state index is 9.67. The number of methoxy groups -OCH3 is 1. The van der Waals surface area contributed by atoms with Crippen LogP contribution in [0.25, 0.3) is 11.4 Å². The van der Waals surface area contributed by atoms with E-state index >= 15 is 0 Å². The molecule has 1 heterocycles. The Hall–Kier alpha value is -1.33. The van der Waals surface area contributed by atoms with Crippen molar-refractivity contribution in [3.8, 4) is 22.9 Å². The third kappa shape index (κ3) is 3.30. The van der Waals surface area contributed by atoms with E-state index in [-0.39, 0.29) is 11.2 Å². The Kier molecular flexibility index (Phi) is 4.44. The second-order valence-electron chi connectivity index (χ2n) is 5.64. The first kappa shape index (κ1) is 16.0. The van der Waals surface area contributed by atoms with Crippen molar-refractivity contribution >= 4 is 27.5 Å². The van der Waals surface area contributed by atoms with Crippen LogP contribution in [-0.4, -0.2) is 22.2 Å². The van der Waals surface area contributed by atoms with Crippen molar-refractivity contribution in [2.45, 2.75) is 26.2 Å². The molecule has 2 rings (SSSR count). The molecule has 0 saturated heterocycles. The molecule has 6 heteroatoms. The van der Waals surface area contributed by atoms with Crippen molar-refractivity contribution in [1.82, 2.24) is 9.97 Å². The van der Waals surface area contributed by atoms with Crippen molar-refractivity contribution in [2.24, 2.45) is 0 Å². The topological polar surface area (TPSA) is 55.2 Å². The van der Waals surface area contributed by atoms with E-state index in [1.54, 1.807) is 18.2 Å². The number of phenolic OH excluding ortho intramolecular Hbond substituents is 1. The molecule has 0 unspecified atom stereocenters. The molecule has 1 aromatic heterocycles. The molecule has 0 fully saturated rings. The molecule has 0 atom stereocenters. The maximum atomic E-state index is 9.67. The quantitative estimate of drug-likeness (QED) is 0.786. The molecule has 0 radical (unpaired) electrons. The molecule has 0 aliphatic rings. The van der Waals surface area contributed by atoms with E-state index in [0.29, 0.717) is 21.2 Å². The summed E-state index contributed by atoms with van der Waals surface area (Å²) in [7, 11) is 1.49. The SMILES string of the molecule is COc1cc(-c2nc(Cl)c(Br)c(C(C)(C)C)n2)ccc1O. The Morgan fingerprint density at radius 2 is 1.90 bits per heavy atom. The molecule has 0 saturated carbocycles. The van der Waals surface area contributed by atoms with E-state index in [1.807, 2.05) is 0 Å². The van der Waals surface area contributed by atoms with E-state index in [9.17, 15) is 5.11 Å². The van der Waals surface area contributed by atoms with E-state index in [2.05, 4.69) is 46.7 Å². The van der Waals surface area contributed by atoms with Gasteiger partial charge in [0.2, 0.25) is 0 Å². The number of hydrogen-bond donors (Lipinski definition) is 1.